The average molecular weight is 346 g/mol. The van der Waals surface area contributed by atoms with E-state index in [0.29, 0.717) is 36.5 Å². The van der Waals surface area contributed by atoms with E-state index in [2.05, 4.69) is 4.98 Å². The Morgan fingerprint density at radius 2 is 2.18 bits per heavy atom. The van der Waals surface area contributed by atoms with Crippen LogP contribution in [0, 0.1) is 6.92 Å². The number of hydrogen-bond acceptors (Lipinski definition) is 5. The molecule has 0 aromatic carbocycles. The molecular formula is C14H20ClN3O3S. The normalized spacial score (nSPS) is 17.5. The van der Waals surface area contributed by atoms with Gasteiger partial charge in [-0.1, -0.05) is 11.8 Å². The topological polar surface area (TPSA) is 75.4 Å². The highest BCUT2D eigenvalue weighted by atomic mass is 35.5. The summed E-state index contributed by atoms with van der Waals surface area (Å²) in [6.07, 6.45) is 2.24. The highest BCUT2D eigenvalue weighted by Gasteiger charge is 2.22. The molecule has 1 N–H and O–H groups in total. The third-order valence-electron chi connectivity index (χ3n) is 3.61. The second-order valence-corrected chi connectivity index (χ2v) is 7.62. The number of amides is 1. The highest BCUT2D eigenvalue weighted by molar-refractivity contribution is 8.01. The van der Waals surface area contributed by atoms with Crippen molar-refractivity contribution in [2.45, 2.75) is 49.1 Å². The summed E-state index contributed by atoms with van der Waals surface area (Å²) in [5, 5.41) is 10.1. The fourth-order valence-electron chi connectivity index (χ4n) is 2.32. The maximum atomic E-state index is 12.3. The van der Waals surface area contributed by atoms with Crippen molar-refractivity contribution < 1.29 is 9.90 Å². The first-order valence-electron chi connectivity index (χ1n) is 7.21. The summed E-state index contributed by atoms with van der Waals surface area (Å²) < 4.78 is 1.15. The third-order valence-corrected chi connectivity index (χ3v) is 4.84. The monoisotopic (exact) mass is 345 g/mol. The van der Waals surface area contributed by atoms with Gasteiger partial charge in [-0.2, -0.15) is 0 Å². The summed E-state index contributed by atoms with van der Waals surface area (Å²) in [7, 11) is 0. The Hall–Kier alpha value is -1.05. The summed E-state index contributed by atoms with van der Waals surface area (Å²) in [4.78, 5) is 30.4. The van der Waals surface area contributed by atoms with Gasteiger partial charge in [-0.05, 0) is 26.7 Å². The van der Waals surface area contributed by atoms with Crippen molar-refractivity contribution in [3.8, 4) is 0 Å². The van der Waals surface area contributed by atoms with E-state index < -0.39 is 0 Å². The van der Waals surface area contributed by atoms with Crippen molar-refractivity contribution in [3.05, 3.63) is 22.2 Å². The van der Waals surface area contributed by atoms with Gasteiger partial charge in [0.2, 0.25) is 5.91 Å². The second kappa shape index (κ2) is 7.48. The lowest BCUT2D eigenvalue weighted by atomic mass is 10.1. The van der Waals surface area contributed by atoms with E-state index in [1.165, 1.54) is 22.7 Å². The summed E-state index contributed by atoms with van der Waals surface area (Å²) in [5.41, 5.74) is 0.280. The van der Waals surface area contributed by atoms with Gasteiger partial charge in [-0.15, -0.1) is 11.6 Å². The summed E-state index contributed by atoms with van der Waals surface area (Å²) >= 11 is 7.22. The number of alkyl halides is 1. The largest absolute Gasteiger partial charge is 0.393 e. The van der Waals surface area contributed by atoms with Gasteiger partial charge < -0.3 is 10.0 Å². The number of carbonyl (C=O) groups excluding carboxylic acids is 1. The van der Waals surface area contributed by atoms with Crippen molar-refractivity contribution >= 4 is 29.3 Å². The molecule has 2 rings (SSSR count). The lowest BCUT2D eigenvalue weighted by molar-refractivity contribution is -0.133. The van der Waals surface area contributed by atoms with E-state index in [1.54, 1.807) is 11.8 Å². The summed E-state index contributed by atoms with van der Waals surface area (Å²) in [5.74, 6) is -0.124. The Balaban J connectivity index is 2.08. The fourth-order valence-corrected chi connectivity index (χ4v) is 3.26. The van der Waals surface area contributed by atoms with Gasteiger partial charge in [0, 0.05) is 18.7 Å². The second-order valence-electron chi connectivity index (χ2n) is 5.38. The molecule has 1 aliphatic heterocycles. The van der Waals surface area contributed by atoms with E-state index in [-0.39, 0.29) is 28.8 Å². The minimum absolute atomic E-state index is 0.0237. The van der Waals surface area contributed by atoms with Gasteiger partial charge in [0.05, 0.1) is 17.1 Å². The molecule has 0 bridgehead atoms. The van der Waals surface area contributed by atoms with Crippen LogP contribution in [-0.4, -0.2) is 49.4 Å². The van der Waals surface area contributed by atoms with Crippen molar-refractivity contribution in [2.24, 2.45) is 0 Å². The SMILES string of the molecule is Cc1c(SC(C)Cl)ncn(CC(=O)N2CCC(O)CC2)c1=O. The summed E-state index contributed by atoms with van der Waals surface area (Å²) in [6.45, 7) is 4.53. The van der Waals surface area contributed by atoms with Crippen LogP contribution >= 0.6 is 23.4 Å². The first-order valence-corrected chi connectivity index (χ1v) is 8.52. The van der Waals surface area contributed by atoms with Crippen LogP contribution in [0.2, 0.25) is 0 Å². The van der Waals surface area contributed by atoms with Crippen LogP contribution in [0.15, 0.2) is 16.1 Å². The van der Waals surface area contributed by atoms with Crippen LogP contribution < -0.4 is 5.56 Å². The molecule has 1 aromatic rings. The first kappa shape index (κ1) is 17.3. The number of piperidine rings is 1. The molecule has 1 saturated heterocycles. The molecule has 122 valence electrons. The van der Waals surface area contributed by atoms with Crippen molar-refractivity contribution in [1.29, 1.82) is 0 Å². The van der Waals surface area contributed by atoms with E-state index in [1.807, 2.05) is 6.92 Å². The van der Waals surface area contributed by atoms with Gasteiger partial charge >= 0.3 is 0 Å². The van der Waals surface area contributed by atoms with E-state index in [4.69, 9.17) is 11.6 Å². The minimum Gasteiger partial charge on any atom is -0.393 e. The quantitative estimate of drug-likeness (QED) is 0.504. The van der Waals surface area contributed by atoms with Gasteiger partial charge in [0.25, 0.3) is 5.56 Å². The third kappa shape index (κ3) is 4.24. The van der Waals surface area contributed by atoms with Crippen LogP contribution in [0.1, 0.15) is 25.3 Å². The molecule has 2 heterocycles. The van der Waals surface area contributed by atoms with Crippen LogP contribution in [0.25, 0.3) is 0 Å². The number of halogens is 1. The Labute approximate surface area is 138 Å². The van der Waals surface area contributed by atoms with Gasteiger partial charge in [0.1, 0.15) is 11.6 Å². The van der Waals surface area contributed by atoms with E-state index >= 15 is 0 Å². The Morgan fingerprint density at radius 3 is 2.77 bits per heavy atom. The van der Waals surface area contributed by atoms with Crippen LogP contribution in [0.5, 0.6) is 0 Å². The Kier molecular flexibility index (Phi) is 5.88. The predicted molar refractivity (Wildman–Crippen MR) is 86.2 cm³/mol. The average Bonchev–Trinajstić information content (AvgIpc) is 2.47. The van der Waals surface area contributed by atoms with Crippen molar-refractivity contribution in [3.63, 3.8) is 0 Å². The number of nitrogens with zero attached hydrogens (tertiary/aromatic N) is 3. The van der Waals surface area contributed by atoms with Crippen molar-refractivity contribution in [1.82, 2.24) is 14.5 Å². The lowest BCUT2D eigenvalue weighted by Crippen LogP contribution is -2.43. The number of rotatable bonds is 4. The van der Waals surface area contributed by atoms with Gasteiger partial charge in [0.15, 0.2) is 0 Å². The molecule has 1 aliphatic rings. The fraction of sp³-hybridized carbons (Fsp3) is 0.643. The van der Waals surface area contributed by atoms with Crippen LogP contribution in [0.3, 0.4) is 0 Å². The Bertz CT molecular complexity index is 597. The van der Waals surface area contributed by atoms with Gasteiger partial charge in [-0.25, -0.2) is 4.98 Å². The number of carbonyl (C=O) groups is 1. The molecule has 0 aliphatic carbocycles. The Morgan fingerprint density at radius 1 is 1.55 bits per heavy atom. The molecule has 1 fully saturated rings. The van der Waals surface area contributed by atoms with E-state index in [0.717, 1.165) is 0 Å². The molecule has 1 unspecified atom stereocenters. The van der Waals surface area contributed by atoms with Crippen molar-refractivity contribution in [2.75, 3.05) is 13.1 Å². The zero-order chi connectivity index (χ0) is 16.3. The summed E-state index contributed by atoms with van der Waals surface area (Å²) in [6, 6.07) is 0. The first-order chi connectivity index (χ1) is 10.4. The van der Waals surface area contributed by atoms with E-state index in [9.17, 15) is 14.7 Å². The minimum atomic E-state index is -0.329. The molecule has 1 atom stereocenters. The van der Waals surface area contributed by atoms with Crippen LogP contribution in [0.4, 0.5) is 0 Å². The molecule has 0 saturated carbocycles. The number of aliphatic hydroxyl groups excluding tert-OH is 1. The molecule has 8 heteroatoms. The smallest absolute Gasteiger partial charge is 0.257 e. The van der Waals surface area contributed by atoms with Gasteiger partial charge in [-0.3, -0.25) is 14.2 Å². The molecular weight excluding hydrogens is 326 g/mol. The molecule has 0 radical (unpaired) electrons. The zero-order valence-corrected chi connectivity index (χ0v) is 14.2. The molecule has 1 amide bonds. The number of thioether (sulfide) groups is 1. The lowest BCUT2D eigenvalue weighted by Gasteiger charge is -2.29. The highest BCUT2D eigenvalue weighted by Crippen LogP contribution is 2.24. The molecule has 0 spiro atoms. The molecule has 22 heavy (non-hydrogen) atoms. The molecule has 1 aromatic heterocycles. The number of aliphatic hydroxyl groups is 1. The molecule has 6 nitrogen and oxygen atoms in total. The number of likely N-dealkylation sites (tertiary alicyclic amines) is 1. The zero-order valence-electron chi connectivity index (χ0n) is 12.7. The number of aromatic nitrogens is 2. The standard InChI is InChI=1S/C14H20ClN3O3S/c1-9-13(22-10(2)15)16-8-18(14(9)21)7-12(20)17-5-3-11(19)4-6-17/h8,10-11,19H,3-7H2,1-2H3. The van der Waals surface area contributed by atoms with Crippen LogP contribution in [-0.2, 0) is 11.3 Å². The predicted octanol–water partition coefficient (Wildman–Crippen LogP) is 1.21. The maximum absolute atomic E-state index is 12.3. The number of hydrogen-bond donors (Lipinski definition) is 1. The maximum Gasteiger partial charge on any atom is 0.257 e.